The molecule has 0 bridgehead atoms. The molecule has 2 aromatic heterocycles. The molecule has 660 valence electrons. The van der Waals surface area contributed by atoms with E-state index in [2.05, 4.69) is 333 Å². The van der Waals surface area contributed by atoms with Crippen LogP contribution in [0.25, 0.3) is 111 Å². The number of anilines is 3. The van der Waals surface area contributed by atoms with Crippen molar-refractivity contribution in [3.05, 3.63) is 293 Å². The average molecular weight is 1680 g/mol. The van der Waals surface area contributed by atoms with Gasteiger partial charge in [-0.1, -0.05) is 418 Å². The van der Waals surface area contributed by atoms with Gasteiger partial charge in [0.25, 0.3) is 0 Å². The van der Waals surface area contributed by atoms with Crippen molar-refractivity contribution in [2.24, 2.45) is 0 Å². The second-order valence-electron chi connectivity index (χ2n) is 39.9. The van der Waals surface area contributed by atoms with Gasteiger partial charge >= 0.3 is 0 Å². The molecule has 3 nitrogen and oxygen atoms in total. The molecule has 0 unspecified atom stereocenters. The lowest BCUT2D eigenvalue weighted by atomic mass is 9.70. The zero-order valence-corrected chi connectivity index (χ0v) is 79.8. The highest BCUT2D eigenvalue weighted by Gasteiger charge is 2.46. The Kier molecular flexibility index (Phi) is 29.9. The van der Waals surface area contributed by atoms with Crippen LogP contribution in [0.4, 0.5) is 17.1 Å². The highest BCUT2D eigenvalue weighted by molar-refractivity contribution is 6.18. The molecule has 2 heterocycles. The third kappa shape index (κ3) is 19.2. The summed E-state index contributed by atoms with van der Waals surface area (Å²) >= 11 is 0. The number of aryl methyl sites for hydroxylation is 4. The van der Waals surface area contributed by atoms with E-state index < -0.39 is 0 Å². The van der Waals surface area contributed by atoms with Crippen LogP contribution >= 0.6 is 0 Å². The molecule has 3 heteroatoms. The molecule has 0 saturated carbocycles. The molecule has 0 saturated heterocycles. The molecule has 0 atom stereocenters. The van der Waals surface area contributed by atoms with Gasteiger partial charge in [-0.3, -0.25) is 0 Å². The van der Waals surface area contributed by atoms with E-state index in [1.807, 2.05) is 0 Å². The Morgan fingerprint density at radius 2 is 0.661 bits per heavy atom. The third-order valence-electron chi connectivity index (χ3n) is 29.8. The number of nitrogens with zero attached hydrogens (tertiary/aromatic N) is 3. The fourth-order valence-electron chi connectivity index (χ4n) is 22.8. The van der Waals surface area contributed by atoms with Gasteiger partial charge in [-0.05, 0) is 245 Å². The van der Waals surface area contributed by atoms with Gasteiger partial charge in [0.1, 0.15) is 0 Å². The van der Waals surface area contributed by atoms with Crippen molar-refractivity contribution in [1.29, 1.82) is 0 Å². The van der Waals surface area contributed by atoms with Gasteiger partial charge in [0.2, 0.25) is 0 Å². The molecule has 2 aliphatic carbocycles. The van der Waals surface area contributed by atoms with Crippen LogP contribution in [0.3, 0.4) is 0 Å². The number of hydrogen-bond donors (Lipinski definition) is 0. The molecule has 0 fully saturated rings. The topological polar surface area (TPSA) is 13.1 Å². The number of aromatic nitrogens is 2. The standard InChI is InChI=1S/C124H149N3/c1-12-18-24-30-34-46-80-123(81-47-35-31-25-19-13-2)112-77-75-105-110-86-95(93-52-44-39-45-53-93)61-79-116(110)127(121(105)119(112)106-72-58-91(8)84-113(106)123)117-89-96(54-40-28-22-16-5)108(87-98(117)55-41-29-23-17-6)97-59-73-107-114(88-97)124(82-48-36-32-26-20-14-3,83-49-37-33-27-21-15-4)111-76-74-104-109-85-94(92-50-42-38-43-51-92)60-78-115(109)126(120(104)118(107)111)103-70-68-102(69-71-103)125(100-64-56-90(7)57-65-100)101-66-62-99(63-67-101)122(9,10)11/h38-39,42-45,50-53,56-79,84-89H,12-37,40-41,46-49,54-55,80-83H2,1-11H3. The van der Waals surface area contributed by atoms with E-state index in [4.69, 9.17) is 0 Å². The molecule has 0 N–H and O–H groups in total. The van der Waals surface area contributed by atoms with Gasteiger partial charge in [-0.2, -0.15) is 0 Å². The summed E-state index contributed by atoms with van der Waals surface area (Å²) in [6.07, 6.45) is 47.4. The van der Waals surface area contributed by atoms with Gasteiger partial charge in [0.05, 0.1) is 22.1 Å². The van der Waals surface area contributed by atoms with E-state index in [-0.39, 0.29) is 16.2 Å². The van der Waals surface area contributed by atoms with Crippen molar-refractivity contribution in [2.45, 2.75) is 336 Å². The minimum atomic E-state index is -0.206. The van der Waals surface area contributed by atoms with Crippen molar-refractivity contribution in [2.75, 3.05) is 4.90 Å². The van der Waals surface area contributed by atoms with E-state index in [1.165, 1.54) is 344 Å². The van der Waals surface area contributed by atoms with Gasteiger partial charge < -0.3 is 14.0 Å². The van der Waals surface area contributed by atoms with Crippen LogP contribution in [0.1, 0.15) is 344 Å². The minimum absolute atomic E-state index is 0.0419. The maximum Gasteiger partial charge on any atom is 0.0622 e. The first-order valence-corrected chi connectivity index (χ1v) is 51.1. The number of fused-ring (bicyclic) bond motifs is 14. The predicted molar refractivity (Wildman–Crippen MR) is 554 cm³/mol. The zero-order valence-electron chi connectivity index (χ0n) is 79.8. The monoisotopic (exact) mass is 1680 g/mol. The number of hydrogen-bond acceptors (Lipinski definition) is 1. The molecule has 0 radical (unpaired) electrons. The summed E-state index contributed by atoms with van der Waals surface area (Å²) in [5.74, 6) is 0. The summed E-state index contributed by atoms with van der Waals surface area (Å²) in [7, 11) is 0. The van der Waals surface area contributed by atoms with E-state index in [0.29, 0.717) is 0 Å². The first-order chi connectivity index (χ1) is 62.2. The van der Waals surface area contributed by atoms with Crippen LogP contribution in [0, 0.1) is 13.8 Å². The molecule has 0 aliphatic heterocycles. The van der Waals surface area contributed by atoms with Crippen LogP contribution < -0.4 is 4.90 Å². The second-order valence-corrected chi connectivity index (χ2v) is 39.9. The Balaban J connectivity index is 0.936. The van der Waals surface area contributed by atoms with Gasteiger partial charge in [-0.25, -0.2) is 0 Å². The fraction of sp³-hybridized carbons (Fsp3) is 0.419. The first-order valence-electron chi connectivity index (χ1n) is 51.1. The lowest BCUT2D eigenvalue weighted by molar-refractivity contribution is 0.398. The van der Waals surface area contributed by atoms with Crippen molar-refractivity contribution in [3.8, 4) is 67.0 Å². The molecule has 14 aromatic rings. The third-order valence-corrected chi connectivity index (χ3v) is 29.8. The number of rotatable bonds is 46. The lowest BCUT2D eigenvalue weighted by Gasteiger charge is -2.33. The summed E-state index contributed by atoms with van der Waals surface area (Å²) < 4.78 is 5.59. The Hall–Kier alpha value is -9.96. The Morgan fingerprint density at radius 1 is 0.276 bits per heavy atom. The Bertz CT molecular complexity index is 5940. The van der Waals surface area contributed by atoms with Crippen molar-refractivity contribution in [3.63, 3.8) is 0 Å². The van der Waals surface area contributed by atoms with Crippen LogP contribution in [0.15, 0.2) is 243 Å². The van der Waals surface area contributed by atoms with E-state index in [0.717, 1.165) is 55.6 Å². The van der Waals surface area contributed by atoms with Gasteiger partial charge in [-0.15, -0.1) is 0 Å². The van der Waals surface area contributed by atoms with E-state index >= 15 is 0 Å². The largest absolute Gasteiger partial charge is 0.311 e. The quantitative estimate of drug-likeness (QED) is 0.0347. The molecular weight excluding hydrogens is 1530 g/mol. The Labute approximate surface area is 765 Å². The number of unbranched alkanes of at least 4 members (excludes halogenated alkanes) is 26. The summed E-state index contributed by atoms with van der Waals surface area (Å²) in [5.41, 5.74) is 38.1. The second kappa shape index (κ2) is 42.1. The van der Waals surface area contributed by atoms with Gasteiger partial charge in [0.15, 0.2) is 0 Å². The normalized spacial score (nSPS) is 13.2. The minimum Gasteiger partial charge on any atom is -0.311 e. The van der Waals surface area contributed by atoms with Crippen molar-refractivity contribution >= 4 is 60.7 Å². The molecular formula is C124H149N3. The van der Waals surface area contributed by atoms with Crippen LogP contribution in [-0.4, -0.2) is 9.13 Å². The molecule has 127 heavy (non-hydrogen) atoms. The number of benzene rings is 12. The van der Waals surface area contributed by atoms with Crippen LogP contribution in [0.5, 0.6) is 0 Å². The summed E-state index contributed by atoms with van der Waals surface area (Å²) in [4.78, 5) is 2.45. The molecule has 12 aromatic carbocycles. The molecule has 16 rings (SSSR count). The van der Waals surface area contributed by atoms with Crippen LogP contribution in [0.2, 0.25) is 0 Å². The lowest BCUT2D eigenvalue weighted by Crippen LogP contribution is -2.25. The maximum atomic E-state index is 2.89. The summed E-state index contributed by atoms with van der Waals surface area (Å²) in [5, 5.41) is 5.37. The van der Waals surface area contributed by atoms with Crippen molar-refractivity contribution in [1.82, 2.24) is 9.13 Å². The van der Waals surface area contributed by atoms with Crippen LogP contribution in [-0.2, 0) is 29.1 Å². The van der Waals surface area contributed by atoms with E-state index in [1.54, 1.807) is 22.3 Å². The molecule has 2 aliphatic rings. The molecule has 0 spiro atoms. The predicted octanol–water partition coefficient (Wildman–Crippen LogP) is 38.0. The van der Waals surface area contributed by atoms with Gasteiger partial charge in [0, 0.05) is 71.9 Å². The smallest absolute Gasteiger partial charge is 0.0622 e. The average Bonchev–Trinajstić information content (AvgIpc) is 1.53. The fourth-order valence-corrected chi connectivity index (χ4v) is 22.8. The summed E-state index contributed by atoms with van der Waals surface area (Å²) in [6, 6.07) is 97.4. The first kappa shape index (κ1) is 90.4. The summed E-state index contributed by atoms with van der Waals surface area (Å²) in [6.45, 7) is 25.8. The molecule has 0 amide bonds. The van der Waals surface area contributed by atoms with E-state index in [9.17, 15) is 0 Å². The highest BCUT2D eigenvalue weighted by Crippen LogP contribution is 2.61. The zero-order chi connectivity index (χ0) is 87.9. The SMILES string of the molecule is CCCCCCCCC1(CCCCCCCC)c2cc(-c3cc(CCCCCC)c(-n4c5ccc(-c6ccccc6)cc5c5ccc6c(c54)-c4ccc(C)cc4C6(CCCCCCCC)CCCCCCCC)cc3CCCCCC)ccc2-c2c1ccc1c3cc(-c4ccccc4)ccc3n(-c3ccc(N(c4ccc(C)cc4)c4ccc(C(C)(C)C)cc4)cc3)c21. The van der Waals surface area contributed by atoms with Crippen molar-refractivity contribution < 1.29 is 0 Å². The maximum absolute atomic E-state index is 2.89. The Morgan fingerprint density at radius 3 is 1.13 bits per heavy atom. The highest BCUT2D eigenvalue weighted by atomic mass is 15.1.